The summed E-state index contributed by atoms with van der Waals surface area (Å²) in [6, 6.07) is 5.94. The highest BCUT2D eigenvalue weighted by Crippen LogP contribution is 2.09. The lowest BCUT2D eigenvalue weighted by Crippen LogP contribution is -2.01. The zero-order valence-corrected chi connectivity index (χ0v) is 6.62. The average Bonchev–Trinajstić information content (AvgIpc) is 2.16. The number of hydrogen-bond acceptors (Lipinski definition) is 5. The Labute approximate surface area is 74.2 Å². The van der Waals surface area contributed by atoms with E-state index < -0.39 is 0 Å². The SMILES string of the molecule is ON=CC(=NO)c1ccc(O)cc1. The van der Waals surface area contributed by atoms with Crippen LogP contribution in [-0.4, -0.2) is 27.4 Å². The molecule has 13 heavy (non-hydrogen) atoms. The second-order valence-corrected chi connectivity index (χ2v) is 2.28. The third-order valence-corrected chi connectivity index (χ3v) is 1.45. The van der Waals surface area contributed by atoms with E-state index in [0.29, 0.717) is 5.56 Å². The van der Waals surface area contributed by atoms with Crippen molar-refractivity contribution in [1.82, 2.24) is 0 Å². The van der Waals surface area contributed by atoms with Gasteiger partial charge in [-0.15, -0.1) is 0 Å². The van der Waals surface area contributed by atoms with Crippen LogP contribution in [0.4, 0.5) is 0 Å². The van der Waals surface area contributed by atoms with Gasteiger partial charge in [-0.2, -0.15) is 0 Å². The number of rotatable bonds is 2. The Hall–Kier alpha value is -2.04. The van der Waals surface area contributed by atoms with Crippen LogP contribution in [0.25, 0.3) is 0 Å². The number of hydrogen-bond donors (Lipinski definition) is 3. The Morgan fingerprint density at radius 2 is 1.77 bits per heavy atom. The molecular formula is C8H8N2O3. The van der Waals surface area contributed by atoms with Crippen molar-refractivity contribution in [2.75, 3.05) is 0 Å². The molecule has 0 heterocycles. The molecule has 1 rings (SSSR count). The Morgan fingerprint density at radius 3 is 2.23 bits per heavy atom. The van der Waals surface area contributed by atoms with Crippen LogP contribution in [0.5, 0.6) is 5.75 Å². The first-order valence-electron chi connectivity index (χ1n) is 3.47. The Kier molecular flexibility index (Phi) is 2.86. The Balaban J connectivity index is 3.00. The van der Waals surface area contributed by atoms with Gasteiger partial charge in [-0.3, -0.25) is 0 Å². The fourth-order valence-corrected chi connectivity index (χ4v) is 0.845. The highest BCUT2D eigenvalue weighted by atomic mass is 16.4. The molecule has 0 saturated carbocycles. The van der Waals surface area contributed by atoms with Crippen molar-refractivity contribution in [3.63, 3.8) is 0 Å². The number of benzene rings is 1. The van der Waals surface area contributed by atoms with Crippen LogP contribution >= 0.6 is 0 Å². The van der Waals surface area contributed by atoms with Crippen LogP contribution in [0.15, 0.2) is 34.6 Å². The summed E-state index contributed by atoms with van der Waals surface area (Å²) in [7, 11) is 0. The number of phenols is 1. The van der Waals surface area contributed by atoms with E-state index in [4.69, 9.17) is 15.5 Å². The highest BCUT2D eigenvalue weighted by Gasteiger charge is 2.00. The first kappa shape index (κ1) is 9.05. The molecule has 5 nitrogen and oxygen atoms in total. The molecule has 68 valence electrons. The molecule has 5 heteroatoms. The lowest BCUT2D eigenvalue weighted by atomic mass is 10.1. The second kappa shape index (κ2) is 4.10. The van der Waals surface area contributed by atoms with Gasteiger partial charge >= 0.3 is 0 Å². The molecule has 0 atom stereocenters. The number of aromatic hydroxyl groups is 1. The van der Waals surface area contributed by atoms with Crippen molar-refractivity contribution < 1.29 is 15.5 Å². The van der Waals surface area contributed by atoms with E-state index in [1.807, 2.05) is 0 Å². The van der Waals surface area contributed by atoms with Gasteiger partial charge in [0.25, 0.3) is 0 Å². The summed E-state index contributed by atoms with van der Waals surface area (Å²) in [6.45, 7) is 0. The fourth-order valence-electron chi connectivity index (χ4n) is 0.845. The molecule has 0 unspecified atom stereocenters. The van der Waals surface area contributed by atoms with E-state index in [1.54, 1.807) is 0 Å². The second-order valence-electron chi connectivity index (χ2n) is 2.28. The monoisotopic (exact) mass is 180 g/mol. The van der Waals surface area contributed by atoms with Crippen LogP contribution in [0.1, 0.15) is 5.56 Å². The lowest BCUT2D eigenvalue weighted by Gasteiger charge is -1.97. The maximum Gasteiger partial charge on any atom is 0.131 e. The van der Waals surface area contributed by atoms with E-state index in [2.05, 4.69) is 10.3 Å². The third kappa shape index (κ3) is 2.19. The van der Waals surface area contributed by atoms with E-state index >= 15 is 0 Å². The van der Waals surface area contributed by atoms with Gasteiger partial charge in [0.05, 0.1) is 6.21 Å². The summed E-state index contributed by atoms with van der Waals surface area (Å²) in [5.74, 6) is 0.113. The molecule has 0 bridgehead atoms. The van der Waals surface area contributed by atoms with Crippen molar-refractivity contribution >= 4 is 11.9 Å². The van der Waals surface area contributed by atoms with E-state index in [-0.39, 0.29) is 11.5 Å². The molecule has 0 saturated heterocycles. The van der Waals surface area contributed by atoms with Crippen molar-refractivity contribution in [2.45, 2.75) is 0 Å². The van der Waals surface area contributed by atoms with Crippen molar-refractivity contribution in [3.05, 3.63) is 29.8 Å². The molecule has 0 amide bonds. The molecule has 1 aromatic rings. The van der Waals surface area contributed by atoms with Gasteiger partial charge in [0.15, 0.2) is 0 Å². The highest BCUT2D eigenvalue weighted by molar-refractivity contribution is 6.37. The zero-order valence-electron chi connectivity index (χ0n) is 6.62. The molecule has 0 aromatic heterocycles. The number of oxime groups is 2. The van der Waals surface area contributed by atoms with E-state index in [0.717, 1.165) is 6.21 Å². The van der Waals surface area contributed by atoms with Crippen LogP contribution in [-0.2, 0) is 0 Å². The normalized spacial score (nSPS) is 12.2. The van der Waals surface area contributed by atoms with E-state index in [9.17, 15) is 0 Å². The zero-order chi connectivity index (χ0) is 9.68. The molecule has 0 aliphatic heterocycles. The lowest BCUT2D eigenvalue weighted by molar-refractivity contribution is 0.316. The summed E-state index contributed by atoms with van der Waals surface area (Å²) in [4.78, 5) is 0. The summed E-state index contributed by atoms with van der Waals surface area (Å²) in [5.41, 5.74) is 0.653. The summed E-state index contributed by atoms with van der Waals surface area (Å²) < 4.78 is 0. The fraction of sp³-hybridized carbons (Fsp3) is 0. The number of phenolic OH excluding ortho intramolecular Hbond substituents is 1. The summed E-state index contributed by atoms with van der Waals surface area (Å²) in [5, 5.41) is 31.3. The maximum absolute atomic E-state index is 8.96. The smallest absolute Gasteiger partial charge is 0.131 e. The predicted octanol–water partition coefficient (Wildman–Crippen LogP) is 1.03. The molecular weight excluding hydrogens is 172 g/mol. The number of nitrogens with zero attached hydrogens (tertiary/aromatic N) is 2. The van der Waals surface area contributed by atoms with Crippen molar-refractivity contribution in [2.24, 2.45) is 10.3 Å². The first-order chi connectivity index (χ1) is 6.27. The first-order valence-corrected chi connectivity index (χ1v) is 3.47. The minimum absolute atomic E-state index is 0.113. The maximum atomic E-state index is 8.96. The van der Waals surface area contributed by atoms with Crippen molar-refractivity contribution in [3.8, 4) is 5.75 Å². The molecule has 0 radical (unpaired) electrons. The molecule has 0 aliphatic rings. The van der Waals surface area contributed by atoms with Gasteiger partial charge in [0.1, 0.15) is 11.5 Å². The van der Waals surface area contributed by atoms with E-state index in [1.165, 1.54) is 24.3 Å². The van der Waals surface area contributed by atoms with Gasteiger partial charge < -0.3 is 15.5 Å². The van der Waals surface area contributed by atoms with Gasteiger partial charge in [-0.25, -0.2) is 0 Å². The molecule has 3 N–H and O–H groups in total. The predicted molar refractivity (Wildman–Crippen MR) is 46.7 cm³/mol. The van der Waals surface area contributed by atoms with Crippen LogP contribution in [0.2, 0.25) is 0 Å². The Morgan fingerprint density at radius 1 is 1.15 bits per heavy atom. The van der Waals surface area contributed by atoms with Gasteiger partial charge in [0, 0.05) is 5.56 Å². The van der Waals surface area contributed by atoms with Crippen LogP contribution in [0.3, 0.4) is 0 Å². The third-order valence-electron chi connectivity index (χ3n) is 1.45. The molecule has 1 aromatic carbocycles. The van der Waals surface area contributed by atoms with Crippen LogP contribution in [0, 0.1) is 0 Å². The molecule has 0 aliphatic carbocycles. The Bertz CT molecular complexity index is 330. The topological polar surface area (TPSA) is 85.4 Å². The van der Waals surface area contributed by atoms with Gasteiger partial charge in [-0.1, -0.05) is 10.3 Å². The molecule has 0 fully saturated rings. The summed E-state index contributed by atoms with van der Waals surface area (Å²) >= 11 is 0. The minimum atomic E-state index is 0.113. The largest absolute Gasteiger partial charge is 0.508 e. The summed E-state index contributed by atoms with van der Waals surface area (Å²) in [6.07, 6.45) is 0.992. The van der Waals surface area contributed by atoms with Crippen molar-refractivity contribution in [1.29, 1.82) is 0 Å². The minimum Gasteiger partial charge on any atom is -0.508 e. The standard InChI is InChI=1S/C8H8N2O3/c11-7-3-1-6(2-4-7)8(10-13)5-9-12/h1-5,11-13H. The van der Waals surface area contributed by atoms with Gasteiger partial charge in [0.2, 0.25) is 0 Å². The van der Waals surface area contributed by atoms with Crippen LogP contribution < -0.4 is 0 Å². The quantitative estimate of drug-likeness (QED) is 0.361. The molecule has 0 spiro atoms. The van der Waals surface area contributed by atoms with Gasteiger partial charge in [-0.05, 0) is 24.3 Å². The average molecular weight is 180 g/mol.